The van der Waals surface area contributed by atoms with Gasteiger partial charge in [0.05, 0.1) is 18.2 Å². The van der Waals surface area contributed by atoms with Crippen molar-refractivity contribution in [2.75, 3.05) is 45.0 Å². The van der Waals surface area contributed by atoms with Crippen molar-refractivity contribution in [1.29, 1.82) is 0 Å². The minimum Gasteiger partial charge on any atom is -0.508 e. The average Bonchev–Trinajstić information content (AvgIpc) is 3.01. The first kappa shape index (κ1) is 36.0. The van der Waals surface area contributed by atoms with Gasteiger partial charge in [0.1, 0.15) is 34.4 Å². The predicted octanol–water partition coefficient (Wildman–Crippen LogP) is 2.05. The SMILES string of the molecule is CN(C)c1cc(N=C(CNc2ccc(OC(F)(F)F)cc2)NO)c(O)c2c1CC1CC3[C@H](N(C)C)C(=O)C(C(N)=O)=C(O)[C@@]3(O)C(=O)C1=C2O. The number of rotatable bonds is 8. The van der Waals surface area contributed by atoms with Gasteiger partial charge < -0.3 is 41.1 Å². The van der Waals surface area contributed by atoms with Gasteiger partial charge >= 0.3 is 6.36 Å². The molecular formula is C32H35F3N6O9. The van der Waals surface area contributed by atoms with E-state index in [9.17, 15) is 53.2 Å². The number of amides is 1. The first-order chi connectivity index (χ1) is 23.3. The Balaban J connectivity index is 1.56. The van der Waals surface area contributed by atoms with Gasteiger partial charge in [0, 0.05) is 37.0 Å². The van der Waals surface area contributed by atoms with E-state index in [1.54, 1.807) is 19.0 Å². The Morgan fingerprint density at radius 1 is 1.12 bits per heavy atom. The van der Waals surface area contributed by atoms with Crippen molar-refractivity contribution in [2.24, 2.45) is 22.6 Å². The van der Waals surface area contributed by atoms with Crippen molar-refractivity contribution >= 4 is 46.1 Å². The number of likely N-dealkylation sites (N-methyl/N-ethyl adjacent to an activating group) is 1. The number of hydrogen-bond acceptors (Lipinski definition) is 13. The molecule has 9 N–H and O–H groups in total. The number of phenols is 1. The number of phenolic OH excluding ortho intramolecular Hbond substituents is 1. The molecule has 0 spiro atoms. The summed E-state index contributed by atoms with van der Waals surface area (Å²) in [6.45, 7) is -0.231. The average molecular weight is 705 g/mol. The van der Waals surface area contributed by atoms with Crippen molar-refractivity contribution in [1.82, 2.24) is 10.4 Å². The summed E-state index contributed by atoms with van der Waals surface area (Å²) < 4.78 is 41.3. The Hall–Kier alpha value is -5.33. The molecule has 0 aliphatic heterocycles. The van der Waals surface area contributed by atoms with Gasteiger partial charge in [-0.3, -0.25) is 30.0 Å². The zero-order valence-electron chi connectivity index (χ0n) is 27.2. The number of alkyl halides is 3. The highest BCUT2D eigenvalue weighted by atomic mass is 19.4. The van der Waals surface area contributed by atoms with Gasteiger partial charge in [-0.15, -0.1) is 13.2 Å². The molecule has 4 atom stereocenters. The number of nitrogens with zero attached hydrogens (tertiary/aromatic N) is 3. The van der Waals surface area contributed by atoms with Crippen LogP contribution in [-0.2, 0) is 20.8 Å². The van der Waals surface area contributed by atoms with Crippen molar-refractivity contribution in [3.63, 3.8) is 0 Å². The van der Waals surface area contributed by atoms with Crippen molar-refractivity contribution < 1.29 is 57.9 Å². The van der Waals surface area contributed by atoms with Crippen LogP contribution in [0.15, 0.2) is 52.2 Å². The molecule has 0 heterocycles. The summed E-state index contributed by atoms with van der Waals surface area (Å²) in [5.41, 5.74) is 3.94. The summed E-state index contributed by atoms with van der Waals surface area (Å²) in [4.78, 5) is 47.0. The highest BCUT2D eigenvalue weighted by molar-refractivity contribution is 6.24. The lowest BCUT2D eigenvalue weighted by Gasteiger charge is -2.50. The van der Waals surface area contributed by atoms with E-state index in [0.29, 0.717) is 16.9 Å². The third kappa shape index (κ3) is 6.05. The van der Waals surface area contributed by atoms with Crippen LogP contribution in [0.4, 0.5) is 30.2 Å². The number of nitrogens with two attached hydrogens (primary N) is 1. The number of halogens is 3. The molecule has 268 valence electrons. The van der Waals surface area contributed by atoms with Crippen LogP contribution in [0.2, 0.25) is 0 Å². The molecule has 1 amide bonds. The number of aromatic hydroxyl groups is 1. The summed E-state index contributed by atoms with van der Waals surface area (Å²) in [6.07, 6.45) is -4.92. The maximum absolute atomic E-state index is 14.2. The molecule has 0 radical (unpaired) electrons. The third-order valence-electron chi connectivity index (χ3n) is 9.09. The summed E-state index contributed by atoms with van der Waals surface area (Å²) in [5.74, 6) is -8.58. The minimum atomic E-state index is -4.87. The molecule has 0 saturated heterocycles. The number of fused-ring (bicyclic) bond motifs is 3. The van der Waals surface area contributed by atoms with Crippen LogP contribution in [-0.4, -0.2) is 107 Å². The molecule has 3 aliphatic rings. The number of aliphatic hydroxyl groups excluding tert-OH is 2. The molecular weight excluding hydrogens is 669 g/mol. The highest BCUT2D eigenvalue weighted by Crippen LogP contribution is 2.55. The van der Waals surface area contributed by atoms with E-state index >= 15 is 0 Å². The Bertz CT molecular complexity index is 1860. The maximum atomic E-state index is 14.2. The second-order valence-electron chi connectivity index (χ2n) is 12.6. The molecule has 0 bridgehead atoms. The molecule has 2 unspecified atom stereocenters. The number of primary amides is 1. The third-order valence-corrected chi connectivity index (χ3v) is 9.09. The number of aliphatic imine (C=N–C) groups is 1. The van der Waals surface area contributed by atoms with Crippen molar-refractivity contribution in [3.8, 4) is 11.5 Å². The fraction of sp³-hybridized carbons (Fsp3) is 0.375. The number of anilines is 2. The Morgan fingerprint density at radius 2 is 1.76 bits per heavy atom. The van der Waals surface area contributed by atoms with E-state index in [4.69, 9.17) is 5.73 Å². The molecule has 50 heavy (non-hydrogen) atoms. The molecule has 2 aromatic carbocycles. The fourth-order valence-corrected chi connectivity index (χ4v) is 6.97. The lowest BCUT2D eigenvalue weighted by Crippen LogP contribution is -2.65. The molecule has 1 saturated carbocycles. The molecule has 0 aromatic heterocycles. The van der Waals surface area contributed by atoms with Gasteiger partial charge in [-0.05, 0) is 68.8 Å². The number of carbonyl (C=O) groups is 3. The number of ketones is 2. The number of aliphatic hydroxyl groups is 3. The van der Waals surface area contributed by atoms with Crippen LogP contribution >= 0.6 is 0 Å². The smallest absolute Gasteiger partial charge is 0.508 e. The molecule has 2 aromatic rings. The lowest BCUT2D eigenvalue weighted by molar-refractivity contribution is -0.274. The number of ether oxygens (including phenoxy) is 1. The minimum absolute atomic E-state index is 0.0420. The van der Waals surface area contributed by atoms with Crippen LogP contribution in [0.3, 0.4) is 0 Å². The van der Waals surface area contributed by atoms with Crippen LogP contribution in [0, 0.1) is 11.8 Å². The van der Waals surface area contributed by atoms with Crippen molar-refractivity contribution in [3.05, 3.63) is 58.4 Å². The first-order valence-corrected chi connectivity index (χ1v) is 15.1. The number of hydroxylamine groups is 1. The van der Waals surface area contributed by atoms with Gasteiger partial charge in [-0.2, -0.15) is 0 Å². The lowest BCUT2D eigenvalue weighted by atomic mass is 9.57. The number of amidine groups is 1. The summed E-state index contributed by atoms with van der Waals surface area (Å²) in [5, 5.41) is 58.6. The Labute approximate surface area is 282 Å². The first-order valence-electron chi connectivity index (χ1n) is 15.1. The highest BCUT2D eigenvalue weighted by Gasteiger charge is 2.64. The Morgan fingerprint density at radius 3 is 2.30 bits per heavy atom. The van der Waals surface area contributed by atoms with Gasteiger partial charge in [0.25, 0.3) is 5.91 Å². The van der Waals surface area contributed by atoms with E-state index in [2.05, 4.69) is 15.0 Å². The van der Waals surface area contributed by atoms with Crippen LogP contribution in [0.1, 0.15) is 17.5 Å². The predicted molar refractivity (Wildman–Crippen MR) is 172 cm³/mol. The fourth-order valence-electron chi connectivity index (χ4n) is 6.97. The van der Waals surface area contributed by atoms with Crippen LogP contribution in [0.25, 0.3) is 5.76 Å². The standard InChI is InChI=1S/C32H35F3N6O9/c1-40(2)19-11-18(38-20(39-49)12-37-14-5-7-15(8-6-14)50-32(33,34)35)25(42)22-16(19)9-13-10-17-24(41(3)4)27(44)23(30(36)47)29(46)31(17,48)28(45)21(13)26(22)43/h5-8,11,13,17,24,37,42-43,46,48-49H,9-10,12H2,1-4H3,(H2,36,47)(H,38,39)/t13?,17?,24-,31-/m0/s1. The quantitative estimate of drug-likeness (QED) is 0.0853. The Kier molecular flexibility index (Phi) is 9.24. The monoisotopic (exact) mass is 704 g/mol. The second kappa shape index (κ2) is 12.8. The summed E-state index contributed by atoms with van der Waals surface area (Å²) in [6, 6.07) is 4.97. The molecule has 1 fully saturated rings. The van der Waals surface area contributed by atoms with Gasteiger partial charge in [0.15, 0.2) is 17.1 Å². The van der Waals surface area contributed by atoms with Crippen LogP contribution in [0.5, 0.6) is 11.5 Å². The van der Waals surface area contributed by atoms with E-state index in [1.165, 1.54) is 37.2 Å². The van der Waals surface area contributed by atoms with E-state index in [-0.39, 0.29) is 42.0 Å². The van der Waals surface area contributed by atoms with Gasteiger partial charge in [-0.1, -0.05) is 0 Å². The largest absolute Gasteiger partial charge is 0.573 e. The number of benzene rings is 2. The van der Waals surface area contributed by atoms with Crippen molar-refractivity contribution in [2.45, 2.75) is 30.8 Å². The molecule has 5 rings (SSSR count). The topological polar surface area (TPSA) is 231 Å². The molecule has 3 aliphatic carbocycles. The number of nitrogens with one attached hydrogen (secondary N) is 2. The van der Waals surface area contributed by atoms with Gasteiger partial charge in [-0.25, -0.2) is 4.99 Å². The van der Waals surface area contributed by atoms with Gasteiger partial charge in [0.2, 0.25) is 5.78 Å². The maximum Gasteiger partial charge on any atom is 0.573 e. The van der Waals surface area contributed by atoms with E-state index in [1.807, 2.05) is 5.48 Å². The number of Topliss-reactive ketones (excluding diaryl/α,β-unsaturated/α-hetero) is 2. The second-order valence-corrected chi connectivity index (χ2v) is 12.6. The number of hydrogen-bond donors (Lipinski definition) is 8. The zero-order chi connectivity index (χ0) is 37.0. The zero-order valence-corrected chi connectivity index (χ0v) is 27.2. The van der Waals surface area contributed by atoms with E-state index in [0.717, 1.165) is 12.1 Å². The summed E-state index contributed by atoms with van der Waals surface area (Å²) in [7, 11) is 6.37. The normalized spacial score (nSPS) is 23.7. The molecule has 15 nitrogen and oxygen atoms in total. The molecule has 18 heteroatoms. The van der Waals surface area contributed by atoms with E-state index < -0.39 is 75.9 Å². The van der Waals surface area contributed by atoms with Crippen LogP contribution < -0.4 is 26.2 Å². The number of carbonyl (C=O) groups excluding carboxylic acids is 3. The summed E-state index contributed by atoms with van der Waals surface area (Å²) >= 11 is 0.